The van der Waals surface area contributed by atoms with Gasteiger partial charge < -0.3 is 14.6 Å². The number of benzene rings is 2. The molecule has 1 N–H and O–H groups in total. The van der Waals surface area contributed by atoms with E-state index >= 15 is 0 Å². The zero-order valence-electron chi connectivity index (χ0n) is 12.1. The van der Waals surface area contributed by atoms with Crippen LogP contribution in [-0.2, 0) is 16.1 Å². The first kappa shape index (κ1) is 15.6. The second kappa shape index (κ2) is 7.26. The van der Waals surface area contributed by atoms with Gasteiger partial charge in [0.05, 0.1) is 12.2 Å². The Kier molecular flexibility index (Phi) is 5.14. The summed E-state index contributed by atoms with van der Waals surface area (Å²) >= 11 is 0. The zero-order chi connectivity index (χ0) is 15.9. The van der Waals surface area contributed by atoms with E-state index in [2.05, 4.69) is 4.74 Å². The third-order valence-electron chi connectivity index (χ3n) is 2.92. The highest BCUT2D eigenvalue weighted by Crippen LogP contribution is 2.25. The molecular formula is C17H16O5. The molecular weight excluding hydrogens is 284 g/mol. The van der Waals surface area contributed by atoms with Crippen LogP contribution in [0.2, 0.25) is 0 Å². The maximum absolute atomic E-state index is 11.8. The van der Waals surface area contributed by atoms with Crippen LogP contribution in [0.5, 0.6) is 11.5 Å². The molecule has 0 fully saturated rings. The minimum atomic E-state index is -0.990. The number of aromatic hydroxyl groups is 1. The summed E-state index contributed by atoms with van der Waals surface area (Å²) in [5.41, 5.74) is 0.874. The van der Waals surface area contributed by atoms with Crippen LogP contribution < -0.4 is 4.74 Å². The summed E-state index contributed by atoms with van der Waals surface area (Å²) < 4.78 is 10.1. The predicted octanol–water partition coefficient (Wildman–Crippen LogP) is 2.72. The Hall–Kier alpha value is -2.82. The number of carbonyl (C=O) groups is 2. The number of Topliss-reactive ketones (excluding diaryl/α,β-unsaturated/α-hetero) is 1. The van der Waals surface area contributed by atoms with Crippen molar-refractivity contribution in [2.75, 3.05) is 6.61 Å². The van der Waals surface area contributed by atoms with Gasteiger partial charge in [0, 0.05) is 6.07 Å². The van der Waals surface area contributed by atoms with Gasteiger partial charge in [-0.3, -0.25) is 4.79 Å². The summed E-state index contributed by atoms with van der Waals surface area (Å²) in [6.07, 6.45) is 0. The van der Waals surface area contributed by atoms with Crippen molar-refractivity contribution in [3.8, 4) is 11.5 Å². The number of phenolic OH excluding ortho intramolecular Hbond substituents is 1. The van der Waals surface area contributed by atoms with Crippen molar-refractivity contribution in [2.24, 2.45) is 0 Å². The smallest absolute Gasteiger partial charge is 0.379 e. The summed E-state index contributed by atoms with van der Waals surface area (Å²) in [6, 6.07) is 13.7. The van der Waals surface area contributed by atoms with E-state index in [9.17, 15) is 14.7 Å². The molecule has 0 aliphatic carbocycles. The molecule has 2 aromatic rings. The van der Waals surface area contributed by atoms with Crippen LogP contribution in [0.1, 0.15) is 22.8 Å². The molecule has 0 saturated heterocycles. The van der Waals surface area contributed by atoms with Crippen LogP contribution in [0.3, 0.4) is 0 Å². The van der Waals surface area contributed by atoms with Gasteiger partial charge in [-0.25, -0.2) is 4.79 Å². The van der Waals surface area contributed by atoms with Crippen LogP contribution in [0.4, 0.5) is 0 Å². The molecule has 0 aromatic heterocycles. The molecule has 2 aromatic carbocycles. The molecule has 22 heavy (non-hydrogen) atoms. The highest BCUT2D eigenvalue weighted by atomic mass is 16.5. The van der Waals surface area contributed by atoms with Gasteiger partial charge in [-0.1, -0.05) is 30.3 Å². The molecule has 5 heteroatoms. The Labute approximate surface area is 128 Å². The number of hydrogen-bond donors (Lipinski definition) is 1. The molecule has 5 nitrogen and oxygen atoms in total. The van der Waals surface area contributed by atoms with Crippen molar-refractivity contribution < 1.29 is 24.2 Å². The van der Waals surface area contributed by atoms with E-state index in [4.69, 9.17) is 4.74 Å². The van der Waals surface area contributed by atoms with Crippen LogP contribution in [0, 0.1) is 0 Å². The lowest BCUT2D eigenvalue weighted by molar-refractivity contribution is -0.137. The highest BCUT2D eigenvalue weighted by molar-refractivity contribution is 6.41. The van der Waals surface area contributed by atoms with E-state index in [0.29, 0.717) is 12.4 Å². The summed E-state index contributed by atoms with van der Waals surface area (Å²) in [5, 5.41) is 9.87. The van der Waals surface area contributed by atoms with Gasteiger partial charge in [-0.15, -0.1) is 0 Å². The van der Waals surface area contributed by atoms with E-state index < -0.39 is 11.8 Å². The Balaban J connectivity index is 2.06. The summed E-state index contributed by atoms with van der Waals surface area (Å²) in [6.45, 7) is 2.04. The Bertz CT molecular complexity index is 664. The molecule has 0 aliphatic rings. The molecule has 0 unspecified atom stereocenters. The van der Waals surface area contributed by atoms with Gasteiger partial charge in [-0.2, -0.15) is 0 Å². The third kappa shape index (κ3) is 3.85. The van der Waals surface area contributed by atoms with Crippen molar-refractivity contribution in [1.82, 2.24) is 0 Å². The Morgan fingerprint density at radius 3 is 2.45 bits per heavy atom. The summed E-state index contributed by atoms with van der Waals surface area (Å²) in [5.74, 6) is -1.78. The molecule has 0 spiro atoms. The maximum Gasteiger partial charge on any atom is 0.379 e. The zero-order valence-corrected chi connectivity index (χ0v) is 12.1. The first-order valence-electron chi connectivity index (χ1n) is 6.83. The highest BCUT2D eigenvalue weighted by Gasteiger charge is 2.21. The average molecular weight is 300 g/mol. The summed E-state index contributed by atoms with van der Waals surface area (Å²) in [7, 11) is 0. The summed E-state index contributed by atoms with van der Waals surface area (Å²) in [4.78, 5) is 23.1. The lowest BCUT2D eigenvalue weighted by Gasteiger charge is -2.08. The van der Waals surface area contributed by atoms with Gasteiger partial charge in [0.1, 0.15) is 18.1 Å². The van der Waals surface area contributed by atoms with E-state index in [1.807, 2.05) is 30.3 Å². The minimum absolute atomic E-state index is 0.101. The Morgan fingerprint density at radius 1 is 1.09 bits per heavy atom. The van der Waals surface area contributed by atoms with Crippen molar-refractivity contribution in [2.45, 2.75) is 13.5 Å². The number of rotatable bonds is 6. The fraction of sp³-hybridized carbons (Fsp3) is 0.176. The number of hydrogen-bond acceptors (Lipinski definition) is 5. The molecule has 0 saturated carbocycles. The topological polar surface area (TPSA) is 72.8 Å². The molecule has 0 heterocycles. The molecule has 114 valence electrons. The molecule has 0 bridgehead atoms. The quantitative estimate of drug-likeness (QED) is 0.504. The number of ketones is 1. The lowest BCUT2D eigenvalue weighted by atomic mass is 10.1. The van der Waals surface area contributed by atoms with Crippen molar-refractivity contribution in [1.29, 1.82) is 0 Å². The van der Waals surface area contributed by atoms with Crippen molar-refractivity contribution >= 4 is 11.8 Å². The van der Waals surface area contributed by atoms with E-state index in [0.717, 1.165) is 5.56 Å². The van der Waals surface area contributed by atoms with Gasteiger partial charge in [0.2, 0.25) is 0 Å². The minimum Gasteiger partial charge on any atom is -0.507 e. The number of carbonyl (C=O) groups excluding carboxylic acids is 2. The van der Waals surface area contributed by atoms with E-state index in [1.165, 1.54) is 18.2 Å². The number of ether oxygens (including phenoxy) is 2. The van der Waals surface area contributed by atoms with Crippen LogP contribution >= 0.6 is 0 Å². The first-order valence-corrected chi connectivity index (χ1v) is 6.83. The normalized spacial score (nSPS) is 10.0. The maximum atomic E-state index is 11.8. The van der Waals surface area contributed by atoms with Gasteiger partial charge in [-0.05, 0) is 24.6 Å². The fourth-order valence-corrected chi connectivity index (χ4v) is 1.84. The van der Waals surface area contributed by atoms with Crippen LogP contribution in [0.15, 0.2) is 48.5 Å². The largest absolute Gasteiger partial charge is 0.507 e. The average Bonchev–Trinajstić information content (AvgIpc) is 2.53. The second-order valence-electron chi connectivity index (χ2n) is 4.50. The van der Waals surface area contributed by atoms with Gasteiger partial charge >= 0.3 is 5.97 Å². The van der Waals surface area contributed by atoms with Crippen molar-refractivity contribution in [3.05, 3.63) is 59.7 Å². The molecule has 2 rings (SSSR count). The lowest BCUT2D eigenvalue weighted by Crippen LogP contribution is -2.17. The molecule has 0 amide bonds. The second-order valence-corrected chi connectivity index (χ2v) is 4.50. The monoisotopic (exact) mass is 300 g/mol. The van der Waals surface area contributed by atoms with Crippen LogP contribution in [-0.4, -0.2) is 23.5 Å². The van der Waals surface area contributed by atoms with E-state index in [-0.39, 0.29) is 17.9 Å². The van der Waals surface area contributed by atoms with E-state index in [1.54, 1.807) is 6.92 Å². The molecule has 0 radical (unpaired) electrons. The Morgan fingerprint density at radius 2 is 1.82 bits per heavy atom. The van der Waals surface area contributed by atoms with Gasteiger partial charge in [0.25, 0.3) is 5.78 Å². The predicted molar refractivity (Wildman–Crippen MR) is 79.8 cm³/mol. The van der Waals surface area contributed by atoms with Gasteiger partial charge in [0.15, 0.2) is 0 Å². The molecule has 0 aliphatic heterocycles. The third-order valence-corrected chi connectivity index (χ3v) is 2.92. The number of phenols is 1. The van der Waals surface area contributed by atoms with Crippen molar-refractivity contribution in [3.63, 3.8) is 0 Å². The fourth-order valence-electron chi connectivity index (χ4n) is 1.84. The standard InChI is InChI=1S/C17H16O5/c1-2-21-17(20)16(19)14-9-8-13(10-15(14)18)22-11-12-6-4-3-5-7-12/h3-10,18H,2,11H2,1H3. The van der Waals surface area contributed by atoms with Crippen LogP contribution in [0.25, 0.3) is 0 Å². The number of esters is 1. The molecule has 0 atom stereocenters. The first-order chi connectivity index (χ1) is 10.6. The SMILES string of the molecule is CCOC(=O)C(=O)c1ccc(OCc2ccccc2)cc1O.